The van der Waals surface area contributed by atoms with E-state index in [0.717, 1.165) is 5.56 Å². The highest BCUT2D eigenvalue weighted by Gasteiger charge is 2.30. The second kappa shape index (κ2) is 8.34. The summed E-state index contributed by atoms with van der Waals surface area (Å²) >= 11 is 0. The summed E-state index contributed by atoms with van der Waals surface area (Å²) in [7, 11) is 1.24. The van der Waals surface area contributed by atoms with E-state index < -0.39 is 17.8 Å². The second-order valence-electron chi connectivity index (χ2n) is 6.22. The number of nitrogens with one attached hydrogen (secondary N) is 3. The molecule has 3 amide bonds. The van der Waals surface area contributed by atoms with E-state index in [4.69, 9.17) is 0 Å². The van der Waals surface area contributed by atoms with Gasteiger partial charge in [0.05, 0.1) is 13.0 Å². The summed E-state index contributed by atoms with van der Waals surface area (Å²) in [5, 5.41) is 7.96. The van der Waals surface area contributed by atoms with E-state index in [0.29, 0.717) is 16.9 Å². The van der Waals surface area contributed by atoms with Crippen molar-refractivity contribution in [3.05, 3.63) is 59.7 Å². The third-order valence-corrected chi connectivity index (χ3v) is 4.35. The van der Waals surface area contributed by atoms with Crippen LogP contribution in [-0.2, 0) is 19.1 Å². The molecule has 1 heterocycles. The number of carbonyl (C=O) groups excluding carboxylic acids is 4. The molecule has 0 saturated heterocycles. The number of anilines is 2. The fourth-order valence-corrected chi connectivity index (χ4v) is 2.91. The molecule has 0 fully saturated rings. The van der Waals surface area contributed by atoms with E-state index in [1.165, 1.54) is 19.2 Å². The van der Waals surface area contributed by atoms with Gasteiger partial charge in [0.1, 0.15) is 6.54 Å². The molecule has 2 aromatic rings. The Bertz CT molecular complexity index is 924. The molecule has 1 aliphatic rings. The zero-order valence-corrected chi connectivity index (χ0v) is 15.2. The van der Waals surface area contributed by atoms with Crippen molar-refractivity contribution >= 4 is 35.1 Å². The number of methoxy groups -OCH3 is 1. The Labute approximate surface area is 161 Å². The zero-order valence-electron chi connectivity index (χ0n) is 15.2. The maximum absolute atomic E-state index is 12.7. The molecule has 1 aliphatic heterocycles. The molecule has 0 aliphatic carbocycles. The first-order valence-electron chi connectivity index (χ1n) is 8.62. The number of fused-ring (bicyclic) bond motifs is 1. The fraction of sp³-hybridized carbons (Fsp3) is 0.200. The Kier molecular flexibility index (Phi) is 5.69. The van der Waals surface area contributed by atoms with Crippen molar-refractivity contribution in [1.29, 1.82) is 0 Å². The van der Waals surface area contributed by atoms with Gasteiger partial charge in [0.25, 0.3) is 5.91 Å². The predicted molar refractivity (Wildman–Crippen MR) is 102 cm³/mol. The first-order valence-corrected chi connectivity index (χ1v) is 8.62. The molecule has 0 spiro atoms. The van der Waals surface area contributed by atoms with E-state index in [1.54, 1.807) is 24.3 Å². The van der Waals surface area contributed by atoms with Gasteiger partial charge in [-0.1, -0.05) is 18.2 Å². The van der Waals surface area contributed by atoms with E-state index >= 15 is 0 Å². The molecule has 3 rings (SSSR count). The van der Waals surface area contributed by atoms with Gasteiger partial charge in [0.2, 0.25) is 11.8 Å². The van der Waals surface area contributed by atoms with Crippen molar-refractivity contribution in [3.8, 4) is 0 Å². The van der Waals surface area contributed by atoms with E-state index in [2.05, 4.69) is 20.7 Å². The van der Waals surface area contributed by atoms with E-state index in [1.807, 2.05) is 12.1 Å². The number of para-hydroxylation sites is 1. The van der Waals surface area contributed by atoms with Gasteiger partial charge in [-0.2, -0.15) is 0 Å². The lowest BCUT2D eigenvalue weighted by Gasteiger charge is -2.24. The Morgan fingerprint density at radius 2 is 1.82 bits per heavy atom. The van der Waals surface area contributed by atoms with Crippen LogP contribution in [0.2, 0.25) is 0 Å². The molecule has 2 aromatic carbocycles. The lowest BCUT2D eigenvalue weighted by Crippen LogP contribution is -2.31. The van der Waals surface area contributed by atoms with Crippen molar-refractivity contribution in [2.45, 2.75) is 12.3 Å². The van der Waals surface area contributed by atoms with Crippen LogP contribution in [0, 0.1) is 0 Å². The van der Waals surface area contributed by atoms with Crippen LogP contribution in [0.15, 0.2) is 48.5 Å². The molecule has 0 bridgehead atoms. The minimum absolute atomic E-state index is 0.0663. The lowest BCUT2D eigenvalue weighted by atomic mass is 9.90. The largest absolute Gasteiger partial charge is 0.468 e. The van der Waals surface area contributed by atoms with Crippen molar-refractivity contribution in [3.63, 3.8) is 0 Å². The molecule has 28 heavy (non-hydrogen) atoms. The van der Waals surface area contributed by atoms with Gasteiger partial charge in [-0.15, -0.1) is 0 Å². The summed E-state index contributed by atoms with van der Waals surface area (Å²) < 4.78 is 4.46. The molecule has 3 N–H and O–H groups in total. The number of carbonyl (C=O) groups is 4. The molecule has 0 saturated carbocycles. The van der Waals surface area contributed by atoms with Gasteiger partial charge in [-0.25, -0.2) is 0 Å². The first kappa shape index (κ1) is 19.1. The van der Waals surface area contributed by atoms with Crippen LogP contribution in [0.5, 0.6) is 0 Å². The minimum atomic E-state index is -0.590. The quantitative estimate of drug-likeness (QED) is 0.682. The third-order valence-electron chi connectivity index (χ3n) is 4.35. The van der Waals surface area contributed by atoms with Crippen molar-refractivity contribution in [2.24, 2.45) is 0 Å². The van der Waals surface area contributed by atoms with Crippen LogP contribution in [0.4, 0.5) is 11.4 Å². The van der Waals surface area contributed by atoms with Gasteiger partial charge in [0.15, 0.2) is 0 Å². The summed E-state index contributed by atoms with van der Waals surface area (Å²) in [6.07, 6.45) is 0.0663. The second-order valence-corrected chi connectivity index (χ2v) is 6.22. The highest BCUT2D eigenvalue weighted by Crippen LogP contribution is 2.32. The minimum Gasteiger partial charge on any atom is -0.468 e. The van der Waals surface area contributed by atoms with Gasteiger partial charge < -0.3 is 20.7 Å². The summed E-state index contributed by atoms with van der Waals surface area (Å²) in [5.74, 6) is -2.08. The molecule has 0 aromatic heterocycles. The topological polar surface area (TPSA) is 114 Å². The van der Waals surface area contributed by atoms with Gasteiger partial charge >= 0.3 is 5.97 Å². The van der Waals surface area contributed by atoms with Crippen LogP contribution in [0.3, 0.4) is 0 Å². The highest BCUT2D eigenvalue weighted by atomic mass is 16.5. The maximum atomic E-state index is 12.7. The maximum Gasteiger partial charge on any atom is 0.325 e. The third kappa shape index (κ3) is 4.35. The molecular formula is C20H19N3O5. The summed E-state index contributed by atoms with van der Waals surface area (Å²) in [5.41, 5.74) is 2.23. The average Bonchev–Trinajstić information content (AvgIpc) is 2.71. The fourth-order valence-electron chi connectivity index (χ4n) is 2.91. The number of benzene rings is 2. The zero-order chi connectivity index (χ0) is 20.1. The standard InChI is InChI=1S/C20H19N3O5/c1-28-18(25)11-21-19(26)12-6-8-13(9-7-12)22-20(27)15-10-17(24)23-16-5-3-2-4-14(15)16/h2-9,15H,10-11H2,1H3,(H,21,26)(H,22,27)(H,23,24). The Hall–Kier alpha value is -3.68. The Morgan fingerprint density at radius 3 is 2.54 bits per heavy atom. The van der Waals surface area contributed by atoms with Gasteiger partial charge in [0, 0.05) is 23.4 Å². The SMILES string of the molecule is COC(=O)CNC(=O)c1ccc(NC(=O)C2CC(=O)Nc3ccccc32)cc1. The monoisotopic (exact) mass is 381 g/mol. The molecule has 1 atom stereocenters. The van der Waals surface area contributed by atoms with Crippen molar-refractivity contribution in [1.82, 2.24) is 5.32 Å². The summed E-state index contributed by atoms with van der Waals surface area (Å²) in [6, 6.07) is 13.4. The molecule has 8 heteroatoms. The van der Waals surface area contributed by atoms with E-state index in [-0.39, 0.29) is 24.8 Å². The smallest absolute Gasteiger partial charge is 0.325 e. The number of rotatable bonds is 5. The normalized spacial score (nSPS) is 15.0. The van der Waals surface area contributed by atoms with Crippen LogP contribution in [-0.4, -0.2) is 37.3 Å². The van der Waals surface area contributed by atoms with Crippen LogP contribution >= 0.6 is 0 Å². The summed E-state index contributed by atoms with van der Waals surface area (Å²) in [4.78, 5) is 47.6. The average molecular weight is 381 g/mol. The van der Waals surface area contributed by atoms with Crippen molar-refractivity contribution in [2.75, 3.05) is 24.3 Å². The number of hydrogen-bond acceptors (Lipinski definition) is 5. The molecule has 1 unspecified atom stereocenters. The highest BCUT2D eigenvalue weighted by molar-refractivity contribution is 6.05. The summed E-state index contributed by atoms with van der Waals surface area (Å²) in [6.45, 7) is -0.225. The lowest BCUT2D eigenvalue weighted by molar-refractivity contribution is -0.139. The van der Waals surface area contributed by atoms with Crippen LogP contribution in [0.25, 0.3) is 0 Å². The number of amides is 3. The number of ether oxygens (including phenoxy) is 1. The van der Waals surface area contributed by atoms with Crippen LogP contribution < -0.4 is 16.0 Å². The number of esters is 1. The Balaban J connectivity index is 1.66. The molecule has 8 nitrogen and oxygen atoms in total. The van der Waals surface area contributed by atoms with Crippen molar-refractivity contribution < 1.29 is 23.9 Å². The number of hydrogen-bond donors (Lipinski definition) is 3. The van der Waals surface area contributed by atoms with Crippen LogP contribution in [0.1, 0.15) is 28.3 Å². The van der Waals surface area contributed by atoms with E-state index in [9.17, 15) is 19.2 Å². The molecular weight excluding hydrogens is 362 g/mol. The molecule has 144 valence electrons. The van der Waals surface area contributed by atoms with Gasteiger partial charge in [-0.3, -0.25) is 19.2 Å². The van der Waals surface area contributed by atoms with Gasteiger partial charge in [-0.05, 0) is 35.9 Å². The first-order chi connectivity index (χ1) is 13.5. The Morgan fingerprint density at radius 1 is 1.11 bits per heavy atom. The molecule has 0 radical (unpaired) electrons. The predicted octanol–water partition coefficient (Wildman–Crippen LogP) is 1.65.